The van der Waals surface area contributed by atoms with Crippen molar-refractivity contribution in [3.8, 4) is 0 Å². The van der Waals surface area contributed by atoms with Crippen molar-refractivity contribution in [1.29, 1.82) is 5.41 Å². The van der Waals surface area contributed by atoms with E-state index in [1.165, 1.54) is 0 Å². The fourth-order valence-corrected chi connectivity index (χ4v) is 6.87. The number of amides is 1. The predicted molar refractivity (Wildman–Crippen MR) is 161 cm³/mol. The number of nitrogens with zero attached hydrogens (tertiary/aromatic N) is 5. The van der Waals surface area contributed by atoms with Crippen molar-refractivity contribution in [2.24, 2.45) is 12.8 Å². The van der Waals surface area contributed by atoms with E-state index in [1.54, 1.807) is 0 Å². The molecule has 3 aromatic rings. The fourth-order valence-electron chi connectivity index (χ4n) is 6.87. The van der Waals surface area contributed by atoms with Gasteiger partial charge in [-0.2, -0.15) is 0 Å². The van der Waals surface area contributed by atoms with Crippen LogP contribution in [0.2, 0.25) is 0 Å². The minimum absolute atomic E-state index is 0.0381. The number of rotatable bonds is 10. The summed E-state index contributed by atoms with van der Waals surface area (Å²) in [4.78, 5) is 37.8. The zero-order valence-corrected chi connectivity index (χ0v) is 24.2. The number of carboxylic acid groups (broad SMARTS) is 1. The molecule has 2 atom stereocenters. The Bertz CT molecular complexity index is 1490. The molecule has 5 N–H and O–H groups in total. The molecule has 2 aromatic carbocycles. The number of aromatic nitrogens is 2. The molecule has 42 heavy (non-hydrogen) atoms. The van der Waals surface area contributed by atoms with Crippen LogP contribution in [0.15, 0.2) is 42.5 Å². The number of benzene rings is 2. The van der Waals surface area contributed by atoms with Gasteiger partial charge in [0, 0.05) is 57.4 Å². The topological polar surface area (TPSA) is 144 Å². The lowest BCUT2D eigenvalue weighted by Crippen LogP contribution is -2.75. The number of carboxylic acids is 1. The van der Waals surface area contributed by atoms with Crippen molar-refractivity contribution in [2.75, 3.05) is 38.0 Å². The molecule has 6 rings (SSSR count). The Morgan fingerprint density at radius 2 is 1.74 bits per heavy atom. The van der Waals surface area contributed by atoms with Crippen LogP contribution in [0.25, 0.3) is 11.0 Å². The van der Waals surface area contributed by atoms with E-state index in [0.717, 1.165) is 80.0 Å². The number of anilines is 1. The summed E-state index contributed by atoms with van der Waals surface area (Å²) < 4.78 is 2.06. The molecule has 0 spiro atoms. The normalized spacial score (nSPS) is 20.9. The Morgan fingerprint density at radius 3 is 2.36 bits per heavy atom. The van der Waals surface area contributed by atoms with Gasteiger partial charge in [0.25, 0.3) is 5.91 Å². The number of aliphatic carboxylic acids is 1. The number of nitrogens with one attached hydrogen (secondary N) is 2. The van der Waals surface area contributed by atoms with Gasteiger partial charge in [0.05, 0.1) is 17.6 Å². The van der Waals surface area contributed by atoms with Gasteiger partial charge in [-0.1, -0.05) is 6.07 Å². The van der Waals surface area contributed by atoms with Gasteiger partial charge in [0.1, 0.15) is 17.7 Å². The molecule has 4 heterocycles. The van der Waals surface area contributed by atoms with E-state index in [9.17, 15) is 14.7 Å². The maximum Gasteiger partial charge on any atom is 0.321 e. The minimum Gasteiger partial charge on any atom is -0.480 e. The van der Waals surface area contributed by atoms with Gasteiger partial charge in [-0.05, 0) is 74.1 Å². The third-order valence-electron chi connectivity index (χ3n) is 9.28. The Morgan fingerprint density at radius 1 is 1.05 bits per heavy atom. The van der Waals surface area contributed by atoms with Crippen molar-refractivity contribution in [1.82, 2.24) is 24.3 Å². The lowest BCUT2D eigenvalue weighted by molar-refractivity contribution is -0.182. The van der Waals surface area contributed by atoms with Gasteiger partial charge < -0.3 is 25.6 Å². The summed E-state index contributed by atoms with van der Waals surface area (Å²) in [5, 5.41) is 21.0. The number of imidazole rings is 1. The number of amidine groups is 1. The number of hydrogen-bond donors (Lipinski definition) is 4. The Labute approximate surface area is 245 Å². The average molecular weight is 573 g/mol. The Kier molecular flexibility index (Phi) is 7.63. The molecule has 3 fully saturated rings. The highest BCUT2D eigenvalue weighted by Gasteiger charge is 2.57. The van der Waals surface area contributed by atoms with Gasteiger partial charge in [-0.25, -0.2) is 4.98 Å². The van der Waals surface area contributed by atoms with Gasteiger partial charge in [0.2, 0.25) is 0 Å². The highest BCUT2D eigenvalue weighted by atomic mass is 16.4. The first kappa shape index (κ1) is 28.2. The number of aryl methyl sites for hydroxylation is 1. The van der Waals surface area contributed by atoms with Crippen LogP contribution in [0.5, 0.6) is 0 Å². The second-order valence-corrected chi connectivity index (χ2v) is 11.8. The maximum absolute atomic E-state index is 14.5. The molecule has 3 aliphatic rings. The molecule has 0 aliphatic carbocycles. The van der Waals surface area contributed by atoms with Gasteiger partial charge in [-0.3, -0.25) is 24.8 Å². The summed E-state index contributed by atoms with van der Waals surface area (Å²) in [6.07, 6.45) is 4.98. The molecular formula is C31H40N8O3. The molecule has 1 amide bonds. The second kappa shape index (κ2) is 11.4. The third kappa shape index (κ3) is 5.00. The van der Waals surface area contributed by atoms with E-state index in [0.29, 0.717) is 31.5 Å². The van der Waals surface area contributed by atoms with Crippen LogP contribution in [0.4, 0.5) is 5.69 Å². The molecule has 222 valence electrons. The SMILES string of the molecule is Cn1c(CNc2ccc(C(=N)N)cc2)nc2cc(CC(C(=O)N3CCCC3)(N3CCCC3)N3CCC3C(=O)O)ccc21. The van der Waals surface area contributed by atoms with Gasteiger partial charge in [0.15, 0.2) is 5.66 Å². The number of fused-ring (bicyclic) bond motifs is 1. The first-order valence-corrected chi connectivity index (χ1v) is 14.9. The molecule has 0 radical (unpaired) electrons. The lowest BCUT2D eigenvalue weighted by atomic mass is 9.87. The quantitative estimate of drug-likeness (QED) is 0.214. The summed E-state index contributed by atoms with van der Waals surface area (Å²) in [7, 11) is 1.99. The van der Waals surface area contributed by atoms with Crippen LogP contribution >= 0.6 is 0 Å². The zero-order valence-electron chi connectivity index (χ0n) is 24.2. The summed E-state index contributed by atoms with van der Waals surface area (Å²) in [6.45, 7) is 4.15. The van der Waals surface area contributed by atoms with Crippen LogP contribution in [-0.4, -0.2) is 91.5 Å². The lowest BCUT2D eigenvalue weighted by Gasteiger charge is -2.55. The fraction of sp³-hybridized carbons (Fsp3) is 0.484. The molecule has 3 saturated heterocycles. The average Bonchev–Trinajstić information content (AvgIpc) is 3.73. The van der Waals surface area contributed by atoms with Crippen molar-refractivity contribution in [3.63, 3.8) is 0 Å². The van der Waals surface area contributed by atoms with Crippen LogP contribution in [0.1, 0.15) is 49.1 Å². The smallest absolute Gasteiger partial charge is 0.321 e. The second-order valence-electron chi connectivity index (χ2n) is 11.8. The van der Waals surface area contributed by atoms with Crippen LogP contribution in [0, 0.1) is 5.41 Å². The highest BCUT2D eigenvalue weighted by molar-refractivity contribution is 5.95. The summed E-state index contributed by atoms with van der Waals surface area (Å²) in [5.74, 6) is 0.101. The monoisotopic (exact) mass is 572 g/mol. The van der Waals surface area contributed by atoms with Crippen molar-refractivity contribution >= 4 is 34.4 Å². The molecule has 3 aliphatic heterocycles. The van der Waals surface area contributed by atoms with Gasteiger partial charge >= 0.3 is 5.97 Å². The summed E-state index contributed by atoms with van der Waals surface area (Å²) >= 11 is 0. The van der Waals surface area contributed by atoms with Gasteiger partial charge in [-0.15, -0.1) is 0 Å². The van der Waals surface area contributed by atoms with Crippen molar-refractivity contribution in [2.45, 2.75) is 56.8 Å². The third-order valence-corrected chi connectivity index (χ3v) is 9.28. The summed E-state index contributed by atoms with van der Waals surface area (Å²) in [5.41, 5.74) is 8.97. The van der Waals surface area contributed by atoms with Crippen LogP contribution < -0.4 is 11.1 Å². The highest BCUT2D eigenvalue weighted by Crippen LogP contribution is 2.39. The number of hydrogen-bond acceptors (Lipinski definition) is 7. The van der Waals surface area contributed by atoms with E-state index in [2.05, 4.69) is 33.0 Å². The number of nitrogens with two attached hydrogens (primary N) is 1. The largest absolute Gasteiger partial charge is 0.480 e. The number of carbonyl (C=O) groups is 2. The minimum atomic E-state index is -1.01. The van der Waals surface area contributed by atoms with E-state index in [1.807, 2.05) is 41.1 Å². The number of likely N-dealkylation sites (tertiary alicyclic amines) is 3. The van der Waals surface area contributed by atoms with E-state index in [4.69, 9.17) is 16.1 Å². The molecule has 0 bridgehead atoms. The standard InChI is InChI=1S/C31H40N8O3/c1-36-25-11-6-21(18-24(25)35-27(36)20-34-23-9-7-22(8-10-23)28(32)33)19-31(38-15-4-5-16-38,30(42)37-13-2-3-14-37)39-17-12-26(39)29(40)41/h6-11,18,26,34H,2-5,12-17,19-20H2,1H3,(H3,32,33)(H,40,41). The molecule has 1 aromatic heterocycles. The first-order chi connectivity index (χ1) is 20.3. The maximum atomic E-state index is 14.5. The van der Waals surface area contributed by atoms with E-state index < -0.39 is 17.7 Å². The van der Waals surface area contributed by atoms with E-state index >= 15 is 0 Å². The molecule has 0 saturated carbocycles. The Balaban J connectivity index is 1.31. The number of nitrogen functional groups attached to an aromatic ring is 1. The molecular weight excluding hydrogens is 532 g/mol. The molecule has 11 nitrogen and oxygen atoms in total. The molecule has 11 heteroatoms. The van der Waals surface area contributed by atoms with Crippen LogP contribution in [0.3, 0.4) is 0 Å². The summed E-state index contributed by atoms with van der Waals surface area (Å²) in [6, 6.07) is 13.0. The van der Waals surface area contributed by atoms with Crippen LogP contribution in [-0.2, 0) is 29.6 Å². The zero-order chi connectivity index (χ0) is 29.4. The Hall–Kier alpha value is -3.96. The molecule has 2 unspecified atom stereocenters. The number of carbonyl (C=O) groups excluding carboxylic acids is 1. The van der Waals surface area contributed by atoms with E-state index in [-0.39, 0.29) is 11.7 Å². The van der Waals surface area contributed by atoms with Crippen molar-refractivity contribution in [3.05, 3.63) is 59.4 Å². The predicted octanol–water partition coefficient (Wildman–Crippen LogP) is 2.59. The first-order valence-electron chi connectivity index (χ1n) is 14.9. The van der Waals surface area contributed by atoms with Crippen molar-refractivity contribution < 1.29 is 14.7 Å².